The van der Waals surface area contributed by atoms with Crippen LogP contribution in [0.25, 0.3) is 0 Å². The zero-order chi connectivity index (χ0) is 2.71. The average molecular weight is 196 g/mol. The standard InChI is InChI=1S/C2H3O.2GeH4/c1-2-3;;/h1H3;2*1H4. The Morgan fingerprint density at radius 3 is 1.40 bits per heavy atom. The molecule has 0 spiro atoms. The Morgan fingerprint density at radius 2 is 1.40 bits per heavy atom. The second-order valence-corrected chi connectivity index (χ2v) is 0.204. The molecule has 0 rings (SSSR count). The molecule has 0 atom stereocenters. The van der Waals surface area contributed by atoms with Crippen LogP contribution in [0, 0.1) is 0 Å². The second-order valence-electron chi connectivity index (χ2n) is 0.204. The van der Waals surface area contributed by atoms with Gasteiger partial charge in [-0.05, 0) is 0 Å². The predicted molar refractivity (Wildman–Crippen MR) is 34.0 cm³/mol. The second kappa shape index (κ2) is 21.8. The number of hydrogen-bond acceptors (Lipinski definition) is 1. The third-order valence-corrected chi connectivity index (χ3v) is 0. The summed E-state index contributed by atoms with van der Waals surface area (Å²) in [6.07, 6.45) is 1.50. The van der Waals surface area contributed by atoms with Gasteiger partial charge in [-0.3, -0.25) is 4.79 Å². The third kappa shape index (κ3) is 63.2. The molecule has 1 radical (unpaired) electrons. The molecule has 0 N–H and O–H groups in total. The minimum atomic E-state index is 0. The summed E-state index contributed by atoms with van der Waals surface area (Å²) < 4.78 is 0. The number of carbonyl (C=O) groups excluding carboxylic acids is 1. The van der Waals surface area contributed by atoms with Crippen LogP contribution in [0.5, 0.6) is 0 Å². The van der Waals surface area contributed by atoms with Crippen molar-refractivity contribution < 1.29 is 4.79 Å². The Labute approximate surface area is 53.5 Å². The molecule has 33 valence electrons. The molecule has 0 aliphatic rings. The van der Waals surface area contributed by atoms with Crippen molar-refractivity contribution in [3.63, 3.8) is 0 Å². The average Bonchev–Trinajstić information content (AvgIpc) is 0.918. The van der Waals surface area contributed by atoms with Crippen LogP contribution in [-0.2, 0) is 4.79 Å². The third-order valence-electron chi connectivity index (χ3n) is 0. The molecule has 0 aromatic rings. The SMILES string of the molecule is C[C]=O.[GeH4].[GeH4]. The van der Waals surface area contributed by atoms with Gasteiger partial charge in [0.05, 0.1) is 0 Å². The normalized spacial score (nSPS) is 2.60. The molecular weight excluding hydrogens is 185 g/mol. The van der Waals surface area contributed by atoms with Gasteiger partial charge in [-0.15, -0.1) is 0 Å². The van der Waals surface area contributed by atoms with Crippen LogP contribution in [0.1, 0.15) is 6.92 Å². The molecule has 0 aliphatic carbocycles. The van der Waals surface area contributed by atoms with Gasteiger partial charge in [0, 0.05) is 6.92 Å². The van der Waals surface area contributed by atoms with Gasteiger partial charge >= 0.3 is 35.2 Å². The van der Waals surface area contributed by atoms with Crippen LogP contribution >= 0.6 is 0 Å². The molecule has 0 saturated heterocycles. The van der Waals surface area contributed by atoms with Crippen molar-refractivity contribution >= 4 is 41.5 Å². The first kappa shape index (κ1) is 17.1. The molecular formula is C2H11Ge2O. The Hall–Kier alpha value is 0.756. The summed E-state index contributed by atoms with van der Waals surface area (Å²) in [6.45, 7) is 1.32. The van der Waals surface area contributed by atoms with Crippen molar-refractivity contribution in [2.45, 2.75) is 6.92 Å². The summed E-state index contributed by atoms with van der Waals surface area (Å²) >= 11 is 0. The van der Waals surface area contributed by atoms with Crippen molar-refractivity contribution in [1.29, 1.82) is 0 Å². The summed E-state index contributed by atoms with van der Waals surface area (Å²) in [5.41, 5.74) is 0. The molecule has 1 nitrogen and oxygen atoms in total. The molecule has 0 aliphatic heterocycles. The van der Waals surface area contributed by atoms with Crippen LogP contribution in [0.15, 0.2) is 0 Å². The van der Waals surface area contributed by atoms with Gasteiger partial charge in [0.15, 0.2) is 6.29 Å². The number of hydrogen-bond donors (Lipinski definition) is 0. The van der Waals surface area contributed by atoms with E-state index in [9.17, 15) is 0 Å². The van der Waals surface area contributed by atoms with E-state index in [1.807, 2.05) is 0 Å². The monoisotopic (exact) mass is 199 g/mol. The molecule has 0 amide bonds. The molecule has 0 saturated carbocycles. The summed E-state index contributed by atoms with van der Waals surface area (Å²) in [5, 5.41) is 0. The predicted octanol–water partition coefficient (Wildman–Crippen LogP) is -2.79. The van der Waals surface area contributed by atoms with Gasteiger partial charge in [-0.1, -0.05) is 0 Å². The molecule has 0 unspecified atom stereocenters. The van der Waals surface area contributed by atoms with Crippen LogP contribution < -0.4 is 0 Å². The van der Waals surface area contributed by atoms with E-state index in [1.54, 1.807) is 0 Å². The van der Waals surface area contributed by atoms with E-state index in [-0.39, 0.29) is 35.2 Å². The molecule has 0 heterocycles. The quantitative estimate of drug-likeness (QED) is 0.383. The molecule has 0 aromatic heterocycles. The first-order valence-electron chi connectivity index (χ1n) is 0.704. The number of rotatable bonds is 0. The zero-order valence-electron chi connectivity index (χ0n) is 1.91. The first-order valence-corrected chi connectivity index (χ1v) is 0.704. The topological polar surface area (TPSA) is 17.1 Å². The fourth-order valence-corrected chi connectivity index (χ4v) is 0. The van der Waals surface area contributed by atoms with E-state index in [1.165, 1.54) is 13.2 Å². The van der Waals surface area contributed by atoms with E-state index in [0.717, 1.165) is 0 Å². The van der Waals surface area contributed by atoms with Crippen molar-refractivity contribution in [1.82, 2.24) is 0 Å². The summed E-state index contributed by atoms with van der Waals surface area (Å²) in [7, 11) is 0. The van der Waals surface area contributed by atoms with Gasteiger partial charge < -0.3 is 0 Å². The summed E-state index contributed by atoms with van der Waals surface area (Å²) in [5.74, 6) is 0. The van der Waals surface area contributed by atoms with E-state index in [4.69, 9.17) is 4.79 Å². The van der Waals surface area contributed by atoms with Crippen LogP contribution in [0.3, 0.4) is 0 Å². The van der Waals surface area contributed by atoms with Gasteiger partial charge in [0.25, 0.3) is 0 Å². The van der Waals surface area contributed by atoms with Crippen molar-refractivity contribution in [3.8, 4) is 0 Å². The van der Waals surface area contributed by atoms with E-state index >= 15 is 0 Å². The Morgan fingerprint density at radius 1 is 1.40 bits per heavy atom. The molecule has 0 fully saturated rings. The molecule has 3 heteroatoms. The Balaban J connectivity index is -0.0000000200. The van der Waals surface area contributed by atoms with Crippen molar-refractivity contribution in [2.24, 2.45) is 0 Å². The summed E-state index contributed by atoms with van der Waals surface area (Å²) in [4.78, 5) is 8.68. The van der Waals surface area contributed by atoms with Crippen molar-refractivity contribution in [2.75, 3.05) is 0 Å². The Bertz CT molecular complexity index is 15.1. The maximum absolute atomic E-state index is 8.68. The van der Waals surface area contributed by atoms with Gasteiger partial charge in [-0.2, -0.15) is 0 Å². The minimum absolute atomic E-state index is 0. The van der Waals surface area contributed by atoms with Crippen LogP contribution in [0.4, 0.5) is 0 Å². The maximum atomic E-state index is 8.68. The van der Waals surface area contributed by atoms with Crippen LogP contribution in [0.2, 0.25) is 0 Å². The van der Waals surface area contributed by atoms with Crippen LogP contribution in [-0.4, -0.2) is 41.5 Å². The fraction of sp³-hybridized carbons (Fsp3) is 0.500. The molecule has 5 heavy (non-hydrogen) atoms. The first-order chi connectivity index (χ1) is 1.41. The van der Waals surface area contributed by atoms with Gasteiger partial charge in [-0.25, -0.2) is 0 Å². The van der Waals surface area contributed by atoms with Gasteiger partial charge in [0.2, 0.25) is 0 Å². The Kier molecular flexibility index (Phi) is 74.6. The van der Waals surface area contributed by atoms with E-state index < -0.39 is 0 Å². The fourth-order valence-electron chi connectivity index (χ4n) is 0. The zero-order valence-corrected chi connectivity index (χ0v) is 1.91. The van der Waals surface area contributed by atoms with Gasteiger partial charge in [0.1, 0.15) is 0 Å². The van der Waals surface area contributed by atoms with E-state index in [2.05, 4.69) is 0 Å². The molecule has 0 aromatic carbocycles. The van der Waals surface area contributed by atoms with E-state index in [0.29, 0.717) is 0 Å². The van der Waals surface area contributed by atoms with Crippen molar-refractivity contribution in [3.05, 3.63) is 0 Å². The summed E-state index contributed by atoms with van der Waals surface area (Å²) in [6, 6.07) is 0. The molecule has 0 bridgehead atoms.